The summed E-state index contributed by atoms with van der Waals surface area (Å²) in [6.07, 6.45) is 1.40. The van der Waals surface area contributed by atoms with Crippen molar-refractivity contribution in [2.24, 2.45) is 0 Å². The van der Waals surface area contributed by atoms with Gasteiger partial charge in [0.25, 0.3) is 0 Å². The highest BCUT2D eigenvalue weighted by Gasteiger charge is 2.14. The summed E-state index contributed by atoms with van der Waals surface area (Å²) in [6.45, 7) is 1.84. The third kappa shape index (κ3) is 5.47. The Morgan fingerprint density at radius 2 is 1.75 bits per heavy atom. The van der Waals surface area contributed by atoms with Crippen molar-refractivity contribution in [3.8, 4) is 0 Å². The number of rotatable bonds is 6. The predicted molar refractivity (Wildman–Crippen MR) is 96.4 cm³/mol. The van der Waals surface area contributed by atoms with Gasteiger partial charge in [0.05, 0.1) is 6.10 Å². The van der Waals surface area contributed by atoms with Crippen LogP contribution in [0.15, 0.2) is 59.5 Å². The van der Waals surface area contributed by atoms with E-state index in [9.17, 15) is 14.1 Å². The van der Waals surface area contributed by atoms with Crippen molar-refractivity contribution in [3.63, 3.8) is 0 Å². The minimum absolute atomic E-state index is 0.192. The van der Waals surface area contributed by atoms with E-state index in [0.29, 0.717) is 17.0 Å². The van der Waals surface area contributed by atoms with Crippen molar-refractivity contribution in [1.29, 1.82) is 0 Å². The summed E-state index contributed by atoms with van der Waals surface area (Å²) in [4.78, 5) is 12.7. The van der Waals surface area contributed by atoms with Gasteiger partial charge in [-0.2, -0.15) is 0 Å². The molecule has 0 heterocycles. The Morgan fingerprint density at radius 3 is 2.33 bits per heavy atom. The van der Waals surface area contributed by atoms with Crippen molar-refractivity contribution in [3.05, 3.63) is 60.2 Å². The zero-order valence-electron chi connectivity index (χ0n) is 13.7. The molecule has 0 radical (unpaired) electrons. The van der Waals surface area contributed by atoms with Gasteiger partial charge in [-0.15, -0.1) is 0 Å². The van der Waals surface area contributed by atoms with Crippen molar-refractivity contribution in [1.82, 2.24) is 5.32 Å². The van der Waals surface area contributed by atoms with E-state index in [1.54, 1.807) is 30.5 Å². The Hall–Kier alpha value is -2.18. The Labute approximate surface area is 144 Å². The van der Waals surface area contributed by atoms with Gasteiger partial charge >= 0.3 is 6.03 Å². The third-order valence-electron chi connectivity index (χ3n) is 3.58. The Balaban J connectivity index is 1.84. The quantitative estimate of drug-likeness (QED) is 0.752. The molecule has 0 aliphatic heterocycles. The molecule has 2 aromatic rings. The van der Waals surface area contributed by atoms with Gasteiger partial charge in [0.2, 0.25) is 0 Å². The number of hydrogen-bond donors (Lipinski definition) is 3. The number of nitrogens with one attached hydrogen (secondary N) is 2. The molecule has 0 aromatic heterocycles. The van der Waals surface area contributed by atoms with Crippen molar-refractivity contribution in [2.45, 2.75) is 30.4 Å². The monoisotopic (exact) mass is 346 g/mol. The molecule has 2 aromatic carbocycles. The van der Waals surface area contributed by atoms with E-state index >= 15 is 0 Å². The molecule has 24 heavy (non-hydrogen) atoms. The lowest BCUT2D eigenvalue weighted by molar-refractivity contribution is 0.155. The van der Waals surface area contributed by atoms with Crippen LogP contribution in [0.2, 0.25) is 0 Å². The average Bonchev–Trinajstić information content (AvgIpc) is 2.55. The standard InChI is InChI=1S/C18H22N2O3S/c1-13(12-17(21)14-6-4-3-5-7-14)19-18(22)20-15-8-10-16(11-9-15)24(2)23/h3-11,13,17,21H,12H2,1-2H3,(H2,19,20,22). The van der Waals surface area contributed by atoms with E-state index < -0.39 is 16.9 Å². The highest BCUT2D eigenvalue weighted by atomic mass is 32.2. The van der Waals surface area contributed by atoms with Crippen molar-refractivity contribution in [2.75, 3.05) is 11.6 Å². The minimum Gasteiger partial charge on any atom is -0.388 e. The van der Waals surface area contributed by atoms with Crippen LogP contribution in [0.3, 0.4) is 0 Å². The first-order valence-electron chi connectivity index (χ1n) is 7.69. The minimum atomic E-state index is -1.04. The molecule has 2 amide bonds. The van der Waals surface area contributed by atoms with Crippen LogP contribution in [-0.2, 0) is 10.8 Å². The van der Waals surface area contributed by atoms with Gasteiger partial charge in [0.1, 0.15) is 0 Å². The third-order valence-corrected chi connectivity index (χ3v) is 4.52. The van der Waals surface area contributed by atoms with Crippen molar-refractivity contribution >= 4 is 22.5 Å². The van der Waals surface area contributed by atoms with Crippen LogP contribution in [0.4, 0.5) is 10.5 Å². The lowest BCUT2D eigenvalue weighted by Gasteiger charge is -2.18. The number of carbonyl (C=O) groups excluding carboxylic acids is 1. The number of benzene rings is 2. The molecule has 0 fully saturated rings. The summed E-state index contributed by atoms with van der Waals surface area (Å²) in [7, 11) is -1.04. The largest absolute Gasteiger partial charge is 0.388 e. The van der Waals surface area contributed by atoms with E-state index in [4.69, 9.17) is 0 Å². The molecule has 0 spiro atoms. The van der Waals surface area contributed by atoms with Gasteiger partial charge in [-0.25, -0.2) is 4.79 Å². The molecule has 2 rings (SSSR count). The molecule has 128 valence electrons. The number of amides is 2. The van der Waals surface area contributed by atoms with Gasteiger partial charge in [-0.05, 0) is 43.2 Å². The van der Waals surface area contributed by atoms with Crippen LogP contribution in [0.25, 0.3) is 0 Å². The molecule has 0 saturated carbocycles. The second kappa shape index (κ2) is 8.61. The molecule has 0 aliphatic rings. The molecule has 3 N–H and O–H groups in total. The number of anilines is 1. The molecule has 6 heteroatoms. The van der Waals surface area contributed by atoms with Crippen molar-refractivity contribution < 1.29 is 14.1 Å². The summed E-state index contributed by atoms with van der Waals surface area (Å²) >= 11 is 0. The summed E-state index contributed by atoms with van der Waals surface area (Å²) in [6, 6.07) is 15.7. The van der Waals surface area contributed by atoms with E-state index in [2.05, 4.69) is 10.6 Å². The van der Waals surface area contributed by atoms with Gasteiger partial charge in [-0.3, -0.25) is 4.21 Å². The Bertz CT molecular complexity index is 689. The van der Waals surface area contributed by atoms with Crippen LogP contribution in [0, 0.1) is 0 Å². The molecule has 3 unspecified atom stereocenters. The van der Waals surface area contributed by atoms with E-state index in [0.717, 1.165) is 5.56 Å². The van der Waals surface area contributed by atoms with Gasteiger partial charge in [0, 0.05) is 33.7 Å². The fourth-order valence-corrected chi connectivity index (χ4v) is 2.85. The first-order chi connectivity index (χ1) is 11.5. The highest BCUT2D eigenvalue weighted by Crippen LogP contribution is 2.18. The smallest absolute Gasteiger partial charge is 0.319 e. The number of hydrogen-bond acceptors (Lipinski definition) is 3. The first-order valence-corrected chi connectivity index (χ1v) is 9.25. The lowest BCUT2D eigenvalue weighted by Crippen LogP contribution is -2.37. The van der Waals surface area contributed by atoms with Gasteiger partial charge in [-0.1, -0.05) is 30.3 Å². The predicted octanol–water partition coefficient (Wildman–Crippen LogP) is 3.06. The molecule has 0 bridgehead atoms. The molecule has 3 atom stereocenters. The molecule has 0 saturated heterocycles. The highest BCUT2D eigenvalue weighted by molar-refractivity contribution is 7.84. The van der Waals surface area contributed by atoms with Crippen LogP contribution >= 0.6 is 0 Å². The average molecular weight is 346 g/mol. The maximum atomic E-state index is 12.0. The van der Waals surface area contributed by atoms with Crippen LogP contribution in [-0.4, -0.2) is 27.6 Å². The maximum Gasteiger partial charge on any atom is 0.319 e. The van der Waals surface area contributed by atoms with Gasteiger partial charge in [0.15, 0.2) is 0 Å². The van der Waals surface area contributed by atoms with Gasteiger partial charge < -0.3 is 15.7 Å². The SMILES string of the molecule is CC(CC(O)c1ccccc1)NC(=O)Nc1ccc(S(C)=O)cc1. The fraction of sp³-hybridized carbons (Fsp3) is 0.278. The number of carbonyl (C=O) groups is 1. The summed E-state index contributed by atoms with van der Waals surface area (Å²) in [5, 5.41) is 15.7. The number of urea groups is 1. The molecular weight excluding hydrogens is 324 g/mol. The summed E-state index contributed by atoms with van der Waals surface area (Å²) < 4.78 is 11.3. The lowest BCUT2D eigenvalue weighted by atomic mass is 10.0. The summed E-state index contributed by atoms with van der Waals surface area (Å²) in [5.74, 6) is 0. The normalized spacial score (nSPS) is 14.5. The maximum absolute atomic E-state index is 12.0. The first kappa shape index (κ1) is 18.2. The topological polar surface area (TPSA) is 78.4 Å². The zero-order chi connectivity index (χ0) is 17.5. The zero-order valence-corrected chi connectivity index (χ0v) is 14.5. The van der Waals surface area contributed by atoms with Crippen LogP contribution in [0.1, 0.15) is 25.0 Å². The summed E-state index contributed by atoms with van der Waals surface area (Å²) in [5.41, 5.74) is 1.45. The van der Waals surface area contributed by atoms with Crippen LogP contribution in [0.5, 0.6) is 0 Å². The number of aliphatic hydroxyl groups excluding tert-OH is 1. The Morgan fingerprint density at radius 1 is 1.12 bits per heavy atom. The van der Waals surface area contributed by atoms with E-state index in [-0.39, 0.29) is 12.1 Å². The van der Waals surface area contributed by atoms with E-state index in [1.807, 2.05) is 37.3 Å². The van der Waals surface area contributed by atoms with Crippen LogP contribution < -0.4 is 10.6 Å². The Kier molecular flexibility index (Phi) is 6.52. The number of aliphatic hydroxyl groups is 1. The fourth-order valence-electron chi connectivity index (χ4n) is 2.33. The molecule has 0 aliphatic carbocycles. The second-order valence-electron chi connectivity index (χ2n) is 5.64. The molecule has 5 nitrogen and oxygen atoms in total. The second-order valence-corrected chi connectivity index (χ2v) is 7.02. The van der Waals surface area contributed by atoms with E-state index in [1.165, 1.54) is 0 Å². The molecular formula is C18H22N2O3S.